The van der Waals surface area contributed by atoms with Gasteiger partial charge in [-0.1, -0.05) is 6.07 Å². The number of methoxy groups -OCH3 is 4. The zero-order valence-electron chi connectivity index (χ0n) is 16.5. The Hall–Kier alpha value is -2.92. The summed E-state index contributed by atoms with van der Waals surface area (Å²) in [4.78, 5) is 0. The third-order valence-corrected chi connectivity index (χ3v) is 5.05. The van der Waals surface area contributed by atoms with Gasteiger partial charge < -0.3 is 31.4 Å². The van der Waals surface area contributed by atoms with Crippen molar-refractivity contribution in [2.75, 3.05) is 28.4 Å². The molecule has 0 fully saturated rings. The van der Waals surface area contributed by atoms with Gasteiger partial charge in [0, 0.05) is 5.39 Å². The molecule has 0 aliphatic rings. The number of halogens is 1. The highest BCUT2D eigenvalue weighted by Gasteiger charge is 2.20. The van der Waals surface area contributed by atoms with Gasteiger partial charge in [-0.15, -0.1) is 0 Å². The molecule has 0 spiro atoms. The Balaban J connectivity index is 0.00000225. The summed E-state index contributed by atoms with van der Waals surface area (Å²) >= 11 is 0. The van der Waals surface area contributed by atoms with E-state index in [2.05, 4.69) is 29.0 Å². The molecule has 0 aliphatic carbocycles. The first-order valence-electron chi connectivity index (χ1n) is 8.64. The van der Waals surface area contributed by atoms with Crippen LogP contribution in [0.2, 0.25) is 0 Å². The maximum atomic E-state index is 5.63. The fourth-order valence-corrected chi connectivity index (χ4v) is 3.80. The van der Waals surface area contributed by atoms with Crippen molar-refractivity contribution in [3.05, 3.63) is 42.6 Å². The van der Waals surface area contributed by atoms with E-state index in [1.807, 2.05) is 25.2 Å². The van der Waals surface area contributed by atoms with E-state index in [0.717, 1.165) is 49.7 Å². The fraction of sp³-hybridized carbons (Fsp3) is 0.227. The smallest absolute Gasteiger partial charge is 0.220 e. The topological polar surface area (TPSA) is 40.8 Å². The molecular weight excluding hydrogens is 378 g/mol. The lowest BCUT2D eigenvalue weighted by Crippen LogP contribution is -3.00. The van der Waals surface area contributed by atoms with Gasteiger partial charge in [0.15, 0.2) is 29.2 Å². The number of aryl methyl sites for hydroxylation is 1. The van der Waals surface area contributed by atoms with Crippen LogP contribution < -0.4 is 35.9 Å². The molecule has 28 heavy (non-hydrogen) atoms. The molecule has 1 aromatic heterocycles. The number of hydrogen-bond acceptors (Lipinski definition) is 4. The zero-order valence-corrected chi connectivity index (χ0v) is 17.3. The molecule has 0 radical (unpaired) electrons. The highest BCUT2D eigenvalue weighted by molar-refractivity contribution is 6.15. The summed E-state index contributed by atoms with van der Waals surface area (Å²) in [5, 5.41) is 5.44. The molecule has 4 aromatic rings. The minimum Gasteiger partial charge on any atom is -1.00 e. The summed E-state index contributed by atoms with van der Waals surface area (Å²) in [6, 6.07) is 12.3. The molecule has 146 valence electrons. The van der Waals surface area contributed by atoms with Crippen LogP contribution in [0.15, 0.2) is 42.6 Å². The lowest BCUT2D eigenvalue weighted by molar-refractivity contribution is -0.642. The highest BCUT2D eigenvalue weighted by atomic mass is 35.5. The Kier molecular flexibility index (Phi) is 5.38. The third kappa shape index (κ3) is 2.83. The maximum Gasteiger partial charge on any atom is 0.220 e. The number of fused-ring (bicyclic) bond motifs is 5. The lowest BCUT2D eigenvalue weighted by atomic mass is 10.00. The van der Waals surface area contributed by atoms with Gasteiger partial charge in [-0.3, -0.25) is 0 Å². The van der Waals surface area contributed by atoms with Crippen LogP contribution in [0.4, 0.5) is 0 Å². The molecule has 0 amide bonds. The Morgan fingerprint density at radius 2 is 1.29 bits per heavy atom. The number of pyridine rings is 1. The quantitative estimate of drug-likeness (QED) is 0.379. The van der Waals surface area contributed by atoms with Crippen LogP contribution >= 0.6 is 0 Å². The van der Waals surface area contributed by atoms with Crippen molar-refractivity contribution in [2.45, 2.75) is 0 Å². The number of ether oxygens (including phenoxy) is 4. The molecule has 4 rings (SSSR count). The molecule has 0 aliphatic heterocycles. The van der Waals surface area contributed by atoms with Crippen LogP contribution in [0.3, 0.4) is 0 Å². The van der Waals surface area contributed by atoms with E-state index in [1.165, 1.54) is 0 Å². The van der Waals surface area contributed by atoms with E-state index in [0.29, 0.717) is 5.75 Å². The van der Waals surface area contributed by atoms with E-state index < -0.39 is 0 Å². The van der Waals surface area contributed by atoms with Crippen molar-refractivity contribution < 1.29 is 35.9 Å². The molecule has 0 N–H and O–H groups in total. The van der Waals surface area contributed by atoms with E-state index >= 15 is 0 Å². The predicted molar refractivity (Wildman–Crippen MR) is 106 cm³/mol. The van der Waals surface area contributed by atoms with E-state index in [1.54, 1.807) is 28.4 Å². The van der Waals surface area contributed by atoms with Crippen LogP contribution in [-0.2, 0) is 7.05 Å². The normalized spacial score (nSPS) is 10.8. The number of nitrogens with zero attached hydrogens (tertiary/aromatic N) is 1. The first-order chi connectivity index (χ1) is 13.1. The second-order valence-electron chi connectivity index (χ2n) is 6.39. The van der Waals surface area contributed by atoms with Gasteiger partial charge in [-0.25, -0.2) is 0 Å². The average molecular weight is 400 g/mol. The van der Waals surface area contributed by atoms with Crippen molar-refractivity contribution in [1.29, 1.82) is 0 Å². The van der Waals surface area contributed by atoms with Crippen LogP contribution in [0.1, 0.15) is 0 Å². The van der Waals surface area contributed by atoms with Gasteiger partial charge in [-0.05, 0) is 35.7 Å². The summed E-state index contributed by atoms with van der Waals surface area (Å²) in [5.41, 5.74) is 1.12. The predicted octanol–water partition coefficient (Wildman–Crippen LogP) is 1.01. The summed E-state index contributed by atoms with van der Waals surface area (Å²) in [6.07, 6.45) is 2.08. The van der Waals surface area contributed by atoms with Crippen molar-refractivity contribution in [1.82, 2.24) is 0 Å². The Bertz CT molecular complexity index is 1190. The monoisotopic (exact) mass is 399 g/mol. The average Bonchev–Trinajstić information content (AvgIpc) is 2.71. The number of hydrogen-bond donors (Lipinski definition) is 0. The summed E-state index contributed by atoms with van der Waals surface area (Å²) in [5.74, 6) is 2.89. The van der Waals surface area contributed by atoms with Crippen molar-refractivity contribution in [3.63, 3.8) is 0 Å². The maximum absolute atomic E-state index is 5.63. The van der Waals surface area contributed by atoms with Crippen molar-refractivity contribution >= 4 is 32.4 Å². The minimum atomic E-state index is 0. The molecule has 1 heterocycles. The molecule has 0 atom stereocenters. The molecule has 3 aromatic carbocycles. The Labute approximate surface area is 169 Å². The fourth-order valence-electron chi connectivity index (χ4n) is 3.80. The molecule has 0 unspecified atom stereocenters. The van der Waals surface area contributed by atoms with Crippen molar-refractivity contribution in [2.24, 2.45) is 7.05 Å². The minimum absolute atomic E-state index is 0. The second kappa shape index (κ2) is 7.60. The van der Waals surface area contributed by atoms with Crippen LogP contribution in [0.5, 0.6) is 23.0 Å². The summed E-state index contributed by atoms with van der Waals surface area (Å²) < 4.78 is 24.2. The second-order valence-corrected chi connectivity index (χ2v) is 6.39. The van der Waals surface area contributed by atoms with Gasteiger partial charge >= 0.3 is 0 Å². The Morgan fingerprint density at radius 3 is 1.93 bits per heavy atom. The number of aromatic nitrogens is 1. The van der Waals surface area contributed by atoms with Gasteiger partial charge in [0.25, 0.3) is 0 Å². The van der Waals surface area contributed by atoms with Gasteiger partial charge in [-0.2, -0.15) is 4.57 Å². The Morgan fingerprint density at radius 1 is 0.643 bits per heavy atom. The summed E-state index contributed by atoms with van der Waals surface area (Å²) in [6.45, 7) is 0. The molecule has 5 nitrogen and oxygen atoms in total. The number of rotatable bonds is 4. The third-order valence-electron chi connectivity index (χ3n) is 5.05. The van der Waals surface area contributed by atoms with Gasteiger partial charge in [0.2, 0.25) is 5.52 Å². The number of benzene rings is 3. The van der Waals surface area contributed by atoms with E-state index in [4.69, 9.17) is 18.9 Å². The van der Waals surface area contributed by atoms with E-state index in [-0.39, 0.29) is 12.4 Å². The zero-order chi connectivity index (χ0) is 19.1. The van der Waals surface area contributed by atoms with Crippen LogP contribution in [0.25, 0.3) is 32.4 Å². The standard InChI is InChI=1S/C22H22NO4.ClH/c1-23-12-17-14(8-9-18(24-2)22(17)27-5)15-7-6-13-10-19(25-3)20(26-4)11-16(13)21(15)23;/h6-12H,1-5H3;1H/q+1;/p-1. The first kappa shape index (κ1) is 19.8. The van der Waals surface area contributed by atoms with Gasteiger partial charge in [0.1, 0.15) is 7.05 Å². The van der Waals surface area contributed by atoms with Crippen molar-refractivity contribution in [3.8, 4) is 23.0 Å². The lowest BCUT2D eigenvalue weighted by Gasteiger charge is -2.13. The molecule has 0 saturated carbocycles. The largest absolute Gasteiger partial charge is 1.00 e. The molecule has 0 saturated heterocycles. The SMILES string of the molecule is COc1cc2ccc3c4ccc(OC)c(OC)c4c[n+](C)c3c2cc1OC.[Cl-]. The molecule has 6 heteroatoms. The van der Waals surface area contributed by atoms with Crippen LogP contribution in [-0.4, -0.2) is 28.4 Å². The van der Waals surface area contributed by atoms with Gasteiger partial charge in [0.05, 0.1) is 44.6 Å². The summed E-state index contributed by atoms with van der Waals surface area (Å²) in [7, 11) is 8.66. The van der Waals surface area contributed by atoms with E-state index in [9.17, 15) is 0 Å². The molecular formula is C22H22ClNO4. The highest BCUT2D eigenvalue weighted by Crippen LogP contribution is 2.40. The first-order valence-corrected chi connectivity index (χ1v) is 8.64. The molecule has 0 bridgehead atoms. The van der Waals surface area contributed by atoms with Crippen LogP contribution in [0, 0.1) is 0 Å².